The van der Waals surface area contributed by atoms with Crippen molar-refractivity contribution in [2.75, 3.05) is 39.2 Å². The summed E-state index contributed by atoms with van der Waals surface area (Å²) in [6.07, 6.45) is 0.317. The molecule has 1 unspecified atom stereocenters. The number of amides is 1. The molecular formula is C16H24N2O4. The zero-order valence-electron chi connectivity index (χ0n) is 13.6. The molecule has 1 aliphatic rings. The van der Waals surface area contributed by atoms with Gasteiger partial charge >= 0.3 is 0 Å². The maximum absolute atomic E-state index is 12.4. The summed E-state index contributed by atoms with van der Waals surface area (Å²) in [6, 6.07) is 3.52. The maximum Gasteiger partial charge on any atom is 0.267 e. The average molecular weight is 308 g/mol. The van der Waals surface area contributed by atoms with E-state index in [2.05, 4.69) is 4.90 Å². The number of rotatable bonds is 6. The Morgan fingerprint density at radius 2 is 2.14 bits per heavy atom. The van der Waals surface area contributed by atoms with Gasteiger partial charge in [0.25, 0.3) is 5.91 Å². The molecule has 0 aromatic heterocycles. The molecule has 1 N–H and O–H groups in total. The van der Waals surface area contributed by atoms with Crippen molar-refractivity contribution in [3.05, 3.63) is 17.7 Å². The molecule has 0 saturated carbocycles. The molecule has 0 radical (unpaired) electrons. The van der Waals surface area contributed by atoms with Gasteiger partial charge in [-0.1, -0.05) is 0 Å². The molecule has 0 saturated heterocycles. The van der Waals surface area contributed by atoms with E-state index in [0.717, 1.165) is 13.0 Å². The van der Waals surface area contributed by atoms with E-state index in [1.54, 1.807) is 31.1 Å². The van der Waals surface area contributed by atoms with Gasteiger partial charge in [0.1, 0.15) is 0 Å². The number of anilines is 1. The number of nitrogens with zero attached hydrogens (tertiary/aromatic N) is 2. The molecular weight excluding hydrogens is 284 g/mol. The van der Waals surface area contributed by atoms with Crippen molar-refractivity contribution in [3.8, 4) is 11.5 Å². The summed E-state index contributed by atoms with van der Waals surface area (Å²) >= 11 is 0. The van der Waals surface area contributed by atoms with Crippen molar-refractivity contribution in [3.63, 3.8) is 0 Å². The second-order valence-electron chi connectivity index (χ2n) is 5.71. The summed E-state index contributed by atoms with van der Waals surface area (Å²) in [6.45, 7) is 3.13. The summed E-state index contributed by atoms with van der Waals surface area (Å²) in [5, 5.41) is 9.41. The predicted molar refractivity (Wildman–Crippen MR) is 84.5 cm³/mol. The molecule has 0 aliphatic carbocycles. The lowest BCUT2D eigenvalue weighted by Crippen LogP contribution is -2.45. The molecule has 1 aromatic rings. The Labute approximate surface area is 131 Å². The minimum absolute atomic E-state index is 0.0663. The fraction of sp³-hybridized carbons (Fsp3) is 0.562. The third-order valence-corrected chi connectivity index (χ3v) is 3.68. The molecule has 1 aromatic carbocycles. The number of hydrogen-bond donors (Lipinski definition) is 1. The molecule has 0 bridgehead atoms. The Hall–Kier alpha value is -1.79. The van der Waals surface area contributed by atoms with Crippen molar-refractivity contribution in [2.24, 2.45) is 0 Å². The topological polar surface area (TPSA) is 62.2 Å². The van der Waals surface area contributed by atoms with Gasteiger partial charge in [0.15, 0.2) is 17.6 Å². The quantitative estimate of drug-likeness (QED) is 0.857. The lowest BCUT2D eigenvalue weighted by atomic mass is 10.1. The van der Waals surface area contributed by atoms with Crippen LogP contribution in [0.2, 0.25) is 0 Å². The van der Waals surface area contributed by atoms with Gasteiger partial charge in [-0.15, -0.1) is 0 Å². The molecule has 6 nitrogen and oxygen atoms in total. The molecule has 1 amide bonds. The number of aliphatic hydroxyl groups is 1. The van der Waals surface area contributed by atoms with Gasteiger partial charge in [-0.2, -0.15) is 0 Å². The largest absolute Gasteiger partial charge is 0.493 e. The fourth-order valence-electron chi connectivity index (χ4n) is 2.55. The molecule has 1 heterocycles. The van der Waals surface area contributed by atoms with Crippen LogP contribution in [0.25, 0.3) is 0 Å². The molecule has 22 heavy (non-hydrogen) atoms. The van der Waals surface area contributed by atoms with Crippen molar-refractivity contribution in [2.45, 2.75) is 26.1 Å². The smallest absolute Gasteiger partial charge is 0.267 e. The van der Waals surface area contributed by atoms with Gasteiger partial charge in [-0.05, 0) is 51.7 Å². The molecule has 1 aliphatic heterocycles. The number of fused-ring (bicyclic) bond motifs is 1. The Morgan fingerprint density at radius 3 is 2.73 bits per heavy atom. The number of ether oxygens (including phenoxy) is 2. The summed E-state index contributed by atoms with van der Waals surface area (Å²) in [7, 11) is 5.56. The van der Waals surface area contributed by atoms with E-state index in [-0.39, 0.29) is 12.5 Å². The summed E-state index contributed by atoms with van der Waals surface area (Å²) in [4.78, 5) is 16.3. The van der Waals surface area contributed by atoms with E-state index in [1.165, 1.54) is 0 Å². The first-order chi connectivity index (χ1) is 10.5. The van der Waals surface area contributed by atoms with Gasteiger partial charge < -0.3 is 24.4 Å². The van der Waals surface area contributed by atoms with Crippen LogP contribution in [0.15, 0.2) is 12.1 Å². The van der Waals surface area contributed by atoms with E-state index in [1.807, 2.05) is 14.1 Å². The molecule has 122 valence electrons. The average Bonchev–Trinajstić information content (AvgIpc) is 2.50. The van der Waals surface area contributed by atoms with Crippen LogP contribution in [0.1, 0.15) is 18.9 Å². The molecule has 1 atom stereocenters. The zero-order valence-corrected chi connectivity index (χ0v) is 13.6. The second-order valence-corrected chi connectivity index (χ2v) is 5.71. The van der Waals surface area contributed by atoms with E-state index in [0.29, 0.717) is 29.3 Å². The number of aliphatic hydroxyl groups excluding tert-OH is 1. The standard InChI is InChI=1S/C16H24N2O4/c1-11-16(20)18(7-5-6-17(2)3)13-8-12(10-19)9-14(21-4)15(13)22-11/h8-9,11,19H,5-7,10H2,1-4H3. The minimum atomic E-state index is -0.541. The Balaban J connectivity index is 2.36. The predicted octanol–water partition coefficient (Wildman–Crippen LogP) is 1.25. The maximum atomic E-state index is 12.4. The summed E-state index contributed by atoms with van der Waals surface area (Å²) in [5.74, 6) is 1.04. The molecule has 2 rings (SSSR count). The number of hydrogen-bond acceptors (Lipinski definition) is 5. The molecule has 0 fully saturated rings. The lowest BCUT2D eigenvalue weighted by molar-refractivity contribution is -0.125. The van der Waals surface area contributed by atoms with Gasteiger partial charge in [0.05, 0.1) is 19.4 Å². The van der Waals surface area contributed by atoms with Crippen LogP contribution in [0, 0.1) is 0 Å². The number of carbonyl (C=O) groups is 1. The van der Waals surface area contributed by atoms with Crippen LogP contribution in [0.4, 0.5) is 5.69 Å². The van der Waals surface area contributed by atoms with Crippen LogP contribution in [-0.4, -0.2) is 56.3 Å². The number of methoxy groups -OCH3 is 1. The summed E-state index contributed by atoms with van der Waals surface area (Å²) in [5.41, 5.74) is 1.37. The van der Waals surface area contributed by atoms with Gasteiger partial charge in [-0.25, -0.2) is 0 Å². The first kappa shape index (κ1) is 16.6. The second kappa shape index (κ2) is 6.98. The first-order valence-electron chi connectivity index (χ1n) is 7.42. The first-order valence-corrected chi connectivity index (χ1v) is 7.42. The monoisotopic (exact) mass is 308 g/mol. The normalized spacial score (nSPS) is 17.5. The van der Waals surface area contributed by atoms with Crippen molar-refractivity contribution in [1.29, 1.82) is 0 Å². The van der Waals surface area contributed by atoms with Gasteiger partial charge in [-0.3, -0.25) is 4.79 Å². The van der Waals surface area contributed by atoms with E-state index < -0.39 is 6.10 Å². The minimum Gasteiger partial charge on any atom is -0.493 e. The van der Waals surface area contributed by atoms with E-state index >= 15 is 0 Å². The highest BCUT2D eigenvalue weighted by Crippen LogP contribution is 2.42. The molecule has 0 spiro atoms. The highest BCUT2D eigenvalue weighted by Gasteiger charge is 2.33. The Kier molecular flexibility index (Phi) is 5.26. The highest BCUT2D eigenvalue weighted by molar-refractivity contribution is 6.00. The number of carbonyl (C=O) groups excluding carboxylic acids is 1. The van der Waals surface area contributed by atoms with E-state index in [4.69, 9.17) is 9.47 Å². The van der Waals surface area contributed by atoms with Gasteiger partial charge in [0.2, 0.25) is 0 Å². The van der Waals surface area contributed by atoms with Crippen LogP contribution < -0.4 is 14.4 Å². The van der Waals surface area contributed by atoms with Crippen LogP contribution >= 0.6 is 0 Å². The zero-order chi connectivity index (χ0) is 16.3. The van der Waals surface area contributed by atoms with Gasteiger partial charge in [0, 0.05) is 6.54 Å². The van der Waals surface area contributed by atoms with Crippen molar-refractivity contribution < 1.29 is 19.4 Å². The Bertz CT molecular complexity index is 545. The summed E-state index contributed by atoms with van der Waals surface area (Å²) < 4.78 is 11.1. The third-order valence-electron chi connectivity index (χ3n) is 3.68. The van der Waals surface area contributed by atoms with Crippen LogP contribution in [-0.2, 0) is 11.4 Å². The third kappa shape index (κ3) is 3.34. The fourth-order valence-corrected chi connectivity index (χ4v) is 2.55. The highest BCUT2D eigenvalue weighted by atomic mass is 16.5. The van der Waals surface area contributed by atoms with Crippen LogP contribution in [0.5, 0.6) is 11.5 Å². The number of benzene rings is 1. The lowest BCUT2D eigenvalue weighted by Gasteiger charge is -2.34. The van der Waals surface area contributed by atoms with Crippen LogP contribution in [0.3, 0.4) is 0 Å². The Morgan fingerprint density at radius 1 is 1.41 bits per heavy atom. The van der Waals surface area contributed by atoms with Crippen molar-refractivity contribution >= 4 is 11.6 Å². The van der Waals surface area contributed by atoms with Crippen molar-refractivity contribution in [1.82, 2.24) is 4.90 Å². The SMILES string of the molecule is COc1cc(CO)cc2c1OC(C)C(=O)N2CCCN(C)C. The van der Waals surface area contributed by atoms with E-state index in [9.17, 15) is 9.90 Å². The molecule has 6 heteroatoms.